The number of benzene rings is 3. The number of carbonyl (C=O) groups is 1. The first-order chi connectivity index (χ1) is 14.8. The van der Waals surface area contributed by atoms with Gasteiger partial charge in [-0.15, -0.1) is 0 Å². The molecule has 0 bridgehead atoms. The van der Waals surface area contributed by atoms with Gasteiger partial charge >= 0.3 is 5.97 Å². The minimum Gasteiger partial charge on any atom is -0.480 e. The number of carboxylic acid groups (broad SMARTS) is 1. The summed E-state index contributed by atoms with van der Waals surface area (Å²) in [6.07, 6.45) is 0. The molecule has 3 aromatic rings. The summed E-state index contributed by atoms with van der Waals surface area (Å²) in [5.41, 5.74) is 2.19. The molecule has 0 spiro atoms. The molecule has 0 saturated carbocycles. The summed E-state index contributed by atoms with van der Waals surface area (Å²) in [4.78, 5) is 12.0. The largest absolute Gasteiger partial charge is 0.480 e. The van der Waals surface area contributed by atoms with Crippen LogP contribution < -0.4 is 4.72 Å². The Kier molecular flexibility index (Phi) is 7.48. The third-order valence-corrected chi connectivity index (χ3v) is 7.36. The van der Waals surface area contributed by atoms with Crippen molar-refractivity contribution in [3.63, 3.8) is 0 Å². The molecule has 0 amide bonds. The average Bonchev–Trinajstić information content (AvgIpc) is 2.77. The third-order valence-electron chi connectivity index (χ3n) is 4.67. The highest BCUT2D eigenvalue weighted by atomic mass is 32.2. The van der Waals surface area contributed by atoms with Crippen LogP contribution in [0.25, 0.3) is 11.1 Å². The van der Waals surface area contributed by atoms with Crippen molar-refractivity contribution in [3.8, 4) is 11.1 Å². The molecule has 0 heterocycles. The summed E-state index contributed by atoms with van der Waals surface area (Å²) < 4.78 is 41.4. The van der Waals surface area contributed by atoms with Crippen LogP contribution >= 0.6 is 11.8 Å². The van der Waals surface area contributed by atoms with E-state index in [1.54, 1.807) is 48.5 Å². The molecule has 0 aliphatic rings. The lowest BCUT2D eigenvalue weighted by molar-refractivity contribution is -0.139. The van der Waals surface area contributed by atoms with Crippen LogP contribution in [-0.4, -0.2) is 31.3 Å². The SMILES string of the molecule is CCSC(c1ccccc1)C(NS(=O)(=O)c1ccc(-c2ccc(F)cc2)cc1)C(=O)O. The van der Waals surface area contributed by atoms with Crippen molar-refractivity contribution in [3.05, 3.63) is 90.2 Å². The van der Waals surface area contributed by atoms with Gasteiger partial charge in [0.05, 0.1) is 10.1 Å². The second-order valence-electron chi connectivity index (χ2n) is 6.76. The fraction of sp³-hybridized carbons (Fsp3) is 0.174. The first-order valence-electron chi connectivity index (χ1n) is 9.59. The van der Waals surface area contributed by atoms with Gasteiger partial charge < -0.3 is 5.11 Å². The highest BCUT2D eigenvalue weighted by Gasteiger charge is 2.34. The van der Waals surface area contributed by atoms with Gasteiger partial charge in [0, 0.05) is 0 Å². The molecule has 162 valence electrons. The van der Waals surface area contributed by atoms with Crippen molar-refractivity contribution in [2.75, 3.05) is 5.75 Å². The molecule has 31 heavy (non-hydrogen) atoms. The third kappa shape index (κ3) is 5.72. The molecule has 3 aromatic carbocycles. The fourth-order valence-corrected chi connectivity index (χ4v) is 5.53. The lowest BCUT2D eigenvalue weighted by Gasteiger charge is -2.24. The van der Waals surface area contributed by atoms with Gasteiger partial charge in [0.1, 0.15) is 11.9 Å². The van der Waals surface area contributed by atoms with E-state index in [9.17, 15) is 22.7 Å². The summed E-state index contributed by atoms with van der Waals surface area (Å²) in [7, 11) is -4.09. The summed E-state index contributed by atoms with van der Waals surface area (Å²) in [5.74, 6) is -0.983. The fourth-order valence-electron chi connectivity index (χ4n) is 3.15. The summed E-state index contributed by atoms with van der Waals surface area (Å²) in [5, 5.41) is 9.20. The molecule has 0 radical (unpaired) electrons. The molecule has 5 nitrogen and oxygen atoms in total. The van der Waals surface area contributed by atoms with Crippen LogP contribution in [0.3, 0.4) is 0 Å². The number of sulfonamides is 1. The Hall–Kier alpha value is -2.68. The Morgan fingerprint density at radius 2 is 1.52 bits per heavy atom. The predicted molar refractivity (Wildman–Crippen MR) is 121 cm³/mol. The zero-order chi connectivity index (χ0) is 22.4. The van der Waals surface area contributed by atoms with E-state index < -0.39 is 27.3 Å². The topological polar surface area (TPSA) is 83.5 Å². The number of carboxylic acids is 1. The van der Waals surface area contributed by atoms with Crippen LogP contribution in [0.1, 0.15) is 17.7 Å². The van der Waals surface area contributed by atoms with Crippen LogP contribution in [0.2, 0.25) is 0 Å². The molecule has 2 N–H and O–H groups in total. The molecule has 0 aliphatic carbocycles. The maximum atomic E-state index is 13.1. The van der Waals surface area contributed by atoms with E-state index in [1.165, 1.54) is 36.0 Å². The van der Waals surface area contributed by atoms with Crippen LogP contribution in [0, 0.1) is 5.82 Å². The molecular formula is C23H22FNO4S2. The molecule has 8 heteroatoms. The van der Waals surface area contributed by atoms with Crippen LogP contribution in [0.15, 0.2) is 83.8 Å². The van der Waals surface area contributed by atoms with E-state index in [4.69, 9.17) is 0 Å². The van der Waals surface area contributed by atoms with Gasteiger partial charge in [-0.25, -0.2) is 12.8 Å². The van der Waals surface area contributed by atoms with Gasteiger partial charge in [-0.2, -0.15) is 16.5 Å². The summed E-state index contributed by atoms with van der Waals surface area (Å²) >= 11 is 1.36. The lowest BCUT2D eigenvalue weighted by atomic mass is 10.1. The zero-order valence-corrected chi connectivity index (χ0v) is 18.4. The molecule has 0 fully saturated rings. The lowest BCUT2D eigenvalue weighted by Crippen LogP contribution is -2.44. The number of rotatable bonds is 9. The number of nitrogens with one attached hydrogen (secondary N) is 1. The summed E-state index contributed by atoms with van der Waals surface area (Å²) in [6.45, 7) is 1.89. The number of aliphatic carboxylic acids is 1. The second kappa shape index (κ2) is 10.1. The Balaban J connectivity index is 1.87. The van der Waals surface area contributed by atoms with E-state index in [1.807, 2.05) is 13.0 Å². The van der Waals surface area contributed by atoms with Crippen molar-refractivity contribution in [1.82, 2.24) is 4.72 Å². The van der Waals surface area contributed by atoms with E-state index in [0.717, 1.165) is 16.7 Å². The monoisotopic (exact) mass is 459 g/mol. The van der Waals surface area contributed by atoms with Gasteiger partial charge in [0.25, 0.3) is 0 Å². The Morgan fingerprint density at radius 1 is 0.968 bits per heavy atom. The van der Waals surface area contributed by atoms with Gasteiger partial charge in [0.2, 0.25) is 10.0 Å². The number of hydrogen-bond acceptors (Lipinski definition) is 4. The van der Waals surface area contributed by atoms with Crippen molar-refractivity contribution in [1.29, 1.82) is 0 Å². The van der Waals surface area contributed by atoms with Gasteiger partial charge in [-0.3, -0.25) is 4.79 Å². The highest BCUT2D eigenvalue weighted by Crippen LogP contribution is 2.33. The standard InChI is InChI=1S/C23H22FNO4S2/c1-2-30-22(18-6-4-3-5-7-18)21(23(26)27)25-31(28,29)20-14-10-17(11-15-20)16-8-12-19(24)13-9-16/h3-15,21-22,25H,2H2,1H3,(H,26,27). The second-order valence-corrected chi connectivity index (χ2v) is 9.89. The Morgan fingerprint density at radius 3 is 2.03 bits per heavy atom. The Labute approximate surface area is 185 Å². The molecule has 2 atom stereocenters. The predicted octanol–water partition coefficient (Wildman–Crippen LogP) is 4.72. The zero-order valence-electron chi connectivity index (χ0n) is 16.7. The van der Waals surface area contributed by atoms with Crippen molar-refractivity contribution in [2.45, 2.75) is 23.1 Å². The number of hydrogen-bond donors (Lipinski definition) is 2. The van der Waals surface area contributed by atoms with E-state index >= 15 is 0 Å². The van der Waals surface area contributed by atoms with Crippen LogP contribution in [0.4, 0.5) is 4.39 Å². The van der Waals surface area contributed by atoms with Crippen molar-refractivity contribution >= 4 is 27.8 Å². The molecule has 2 unspecified atom stereocenters. The van der Waals surface area contributed by atoms with Gasteiger partial charge in [-0.1, -0.05) is 61.5 Å². The first-order valence-corrected chi connectivity index (χ1v) is 12.1. The average molecular weight is 460 g/mol. The van der Waals surface area contributed by atoms with Gasteiger partial charge in [0.15, 0.2) is 0 Å². The normalized spacial score (nSPS) is 13.5. The van der Waals surface area contributed by atoms with Crippen molar-refractivity contribution < 1.29 is 22.7 Å². The molecule has 3 rings (SSSR count). The molecular weight excluding hydrogens is 437 g/mol. The Bertz CT molecular complexity index is 1120. The smallest absolute Gasteiger partial charge is 0.323 e. The first kappa shape index (κ1) is 23.0. The maximum Gasteiger partial charge on any atom is 0.323 e. The highest BCUT2D eigenvalue weighted by molar-refractivity contribution is 7.99. The number of thioether (sulfide) groups is 1. The number of halogens is 1. The van der Waals surface area contributed by atoms with Gasteiger partial charge in [-0.05, 0) is 46.7 Å². The van der Waals surface area contributed by atoms with E-state index in [-0.39, 0.29) is 10.7 Å². The molecule has 0 aromatic heterocycles. The van der Waals surface area contributed by atoms with E-state index in [2.05, 4.69) is 4.72 Å². The summed E-state index contributed by atoms with van der Waals surface area (Å²) in [6, 6.07) is 19.5. The van der Waals surface area contributed by atoms with Crippen molar-refractivity contribution in [2.24, 2.45) is 0 Å². The molecule has 0 aliphatic heterocycles. The minimum absolute atomic E-state index is 0.0436. The quantitative estimate of drug-likeness (QED) is 0.484. The van der Waals surface area contributed by atoms with Crippen LogP contribution in [-0.2, 0) is 14.8 Å². The maximum absolute atomic E-state index is 13.1. The van der Waals surface area contributed by atoms with E-state index in [0.29, 0.717) is 5.75 Å². The molecule has 0 saturated heterocycles. The minimum atomic E-state index is -4.09. The van der Waals surface area contributed by atoms with Crippen LogP contribution in [0.5, 0.6) is 0 Å².